The predicted molar refractivity (Wildman–Crippen MR) is 101 cm³/mol. The third-order valence-corrected chi connectivity index (χ3v) is 6.81. The standard InChI is InChI=1S/C14H17N5O6S3/c15-27(21,22)10-2-1-3-11(8-10)28(23,24)18-17-13(20)12-9-26-14(16-12)19-4-6-25-7-5-19/h1-3,8-9,18H,4-7H2,(H,17,20)(H2,15,21,22). The highest BCUT2D eigenvalue weighted by molar-refractivity contribution is 7.90. The van der Waals surface area contributed by atoms with Crippen LogP contribution < -0.4 is 20.3 Å². The number of hydrogen-bond acceptors (Lipinski definition) is 9. The van der Waals surface area contributed by atoms with Crippen LogP contribution in [0.15, 0.2) is 39.4 Å². The lowest BCUT2D eigenvalue weighted by Crippen LogP contribution is -2.41. The maximum absolute atomic E-state index is 12.3. The minimum atomic E-state index is -4.21. The van der Waals surface area contributed by atoms with Crippen molar-refractivity contribution in [1.82, 2.24) is 15.2 Å². The van der Waals surface area contributed by atoms with Gasteiger partial charge < -0.3 is 9.64 Å². The first kappa shape index (κ1) is 20.6. The van der Waals surface area contributed by atoms with Crippen molar-refractivity contribution in [3.05, 3.63) is 35.3 Å². The molecule has 28 heavy (non-hydrogen) atoms. The van der Waals surface area contributed by atoms with Crippen molar-refractivity contribution < 1.29 is 26.4 Å². The van der Waals surface area contributed by atoms with Crippen molar-refractivity contribution in [1.29, 1.82) is 0 Å². The molecule has 1 fully saturated rings. The normalized spacial score (nSPS) is 15.4. The molecule has 152 valence electrons. The fourth-order valence-electron chi connectivity index (χ4n) is 2.32. The van der Waals surface area contributed by atoms with E-state index in [1.807, 2.05) is 9.73 Å². The summed E-state index contributed by atoms with van der Waals surface area (Å²) in [4.78, 5) is 19.5. The third-order valence-electron chi connectivity index (χ3n) is 3.75. The monoisotopic (exact) mass is 447 g/mol. The van der Waals surface area contributed by atoms with Crippen molar-refractivity contribution in [2.45, 2.75) is 9.79 Å². The number of nitrogens with zero attached hydrogens (tertiary/aromatic N) is 2. The number of carbonyl (C=O) groups excluding carboxylic acids is 1. The summed E-state index contributed by atoms with van der Waals surface area (Å²) in [7, 11) is -8.28. The number of hydrogen-bond donors (Lipinski definition) is 3. The third kappa shape index (κ3) is 4.84. The van der Waals surface area contributed by atoms with Gasteiger partial charge in [0, 0.05) is 18.5 Å². The zero-order chi connectivity index (χ0) is 20.4. The zero-order valence-electron chi connectivity index (χ0n) is 14.4. The van der Waals surface area contributed by atoms with Crippen molar-refractivity contribution >= 4 is 42.4 Å². The molecule has 0 radical (unpaired) electrons. The summed E-state index contributed by atoms with van der Waals surface area (Å²) in [6.45, 7) is 2.44. The van der Waals surface area contributed by atoms with Gasteiger partial charge in [0.05, 0.1) is 23.0 Å². The first-order chi connectivity index (χ1) is 13.2. The Morgan fingerprint density at radius 3 is 2.54 bits per heavy atom. The predicted octanol–water partition coefficient (Wildman–Crippen LogP) is -0.750. The van der Waals surface area contributed by atoms with Crippen molar-refractivity contribution in [3.8, 4) is 0 Å². The minimum absolute atomic E-state index is 0.0486. The average Bonchev–Trinajstić information content (AvgIpc) is 3.17. The van der Waals surface area contributed by atoms with Crippen molar-refractivity contribution in [2.75, 3.05) is 31.2 Å². The highest BCUT2D eigenvalue weighted by Crippen LogP contribution is 2.21. The van der Waals surface area contributed by atoms with Gasteiger partial charge in [-0.15, -0.1) is 16.2 Å². The van der Waals surface area contributed by atoms with Gasteiger partial charge >= 0.3 is 0 Å². The molecule has 1 aliphatic heterocycles. The molecule has 1 amide bonds. The number of rotatable bonds is 6. The van der Waals surface area contributed by atoms with Crippen molar-refractivity contribution in [2.24, 2.45) is 5.14 Å². The number of nitrogens with two attached hydrogens (primary N) is 1. The van der Waals surface area contributed by atoms with E-state index in [4.69, 9.17) is 9.88 Å². The molecule has 2 heterocycles. The molecule has 1 aliphatic rings. The lowest BCUT2D eigenvalue weighted by atomic mass is 10.4. The molecule has 1 saturated heterocycles. The van der Waals surface area contributed by atoms with Crippen LogP contribution in [0.2, 0.25) is 0 Å². The number of benzene rings is 1. The van der Waals surface area contributed by atoms with E-state index in [1.54, 1.807) is 0 Å². The fourth-order valence-corrected chi connectivity index (χ4v) is 4.70. The zero-order valence-corrected chi connectivity index (χ0v) is 16.8. The molecular formula is C14H17N5O6S3. The topological polar surface area (TPSA) is 161 Å². The number of sulfonamides is 2. The molecule has 0 bridgehead atoms. The molecule has 1 aromatic carbocycles. The Morgan fingerprint density at radius 1 is 1.18 bits per heavy atom. The molecule has 0 unspecified atom stereocenters. The first-order valence-electron chi connectivity index (χ1n) is 7.90. The van der Waals surface area contributed by atoms with Gasteiger partial charge in [-0.1, -0.05) is 6.07 Å². The summed E-state index contributed by atoms with van der Waals surface area (Å²) in [6, 6.07) is 4.45. The van der Waals surface area contributed by atoms with Gasteiger partial charge in [-0.2, -0.15) is 0 Å². The van der Waals surface area contributed by atoms with E-state index in [1.165, 1.54) is 28.8 Å². The highest BCUT2D eigenvalue weighted by Gasteiger charge is 2.21. The number of ether oxygens (including phenoxy) is 1. The molecule has 0 aliphatic carbocycles. The van der Waals surface area contributed by atoms with Gasteiger partial charge in [0.2, 0.25) is 10.0 Å². The van der Waals surface area contributed by atoms with Gasteiger partial charge in [0.1, 0.15) is 5.69 Å². The minimum Gasteiger partial charge on any atom is -0.378 e. The second-order valence-electron chi connectivity index (χ2n) is 5.69. The Labute approximate surface area is 165 Å². The maximum atomic E-state index is 12.3. The number of morpholine rings is 1. The van der Waals surface area contributed by atoms with Crippen LogP contribution in [0.3, 0.4) is 0 Å². The number of primary sulfonamides is 1. The molecule has 0 spiro atoms. The second-order valence-corrected chi connectivity index (χ2v) is 9.77. The number of amides is 1. The lowest BCUT2D eigenvalue weighted by Gasteiger charge is -2.25. The molecule has 14 heteroatoms. The van der Waals surface area contributed by atoms with Crippen LogP contribution in [-0.4, -0.2) is 54.0 Å². The van der Waals surface area contributed by atoms with Gasteiger partial charge in [-0.25, -0.2) is 27.0 Å². The molecule has 11 nitrogen and oxygen atoms in total. The number of aromatic nitrogens is 1. The van der Waals surface area contributed by atoms with E-state index in [0.717, 1.165) is 12.1 Å². The fraction of sp³-hybridized carbons (Fsp3) is 0.286. The highest BCUT2D eigenvalue weighted by atomic mass is 32.2. The van der Waals surface area contributed by atoms with E-state index < -0.39 is 26.0 Å². The molecule has 3 rings (SSSR count). The smallest absolute Gasteiger partial charge is 0.285 e. The number of thiazole rings is 1. The summed E-state index contributed by atoms with van der Waals surface area (Å²) >= 11 is 1.26. The number of hydrazine groups is 1. The van der Waals surface area contributed by atoms with Crippen LogP contribution in [0.4, 0.5) is 5.13 Å². The summed E-state index contributed by atoms with van der Waals surface area (Å²) in [6.07, 6.45) is 0. The Bertz CT molecular complexity index is 1080. The first-order valence-corrected chi connectivity index (χ1v) is 11.8. The van der Waals surface area contributed by atoms with E-state index in [9.17, 15) is 21.6 Å². The maximum Gasteiger partial charge on any atom is 0.285 e. The molecule has 4 N–H and O–H groups in total. The molecule has 1 aromatic heterocycles. The number of carbonyl (C=O) groups is 1. The van der Waals surface area contributed by atoms with Gasteiger partial charge in [-0.3, -0.25) is 10.2 Å². The van der Waals surface area contributed by atoms with E-state index in [0.29, 0.717) is 31.4 Å². The van der Waals surface area contributed by atoms with Crippen molar-refractivity contribution in [3.63, 3.8) is 0 Å². The van der Waals surface area contributed by atoms with E-state index in [-0.39, 0.29) is 15.5 Å². The quantitative estimate of drug-likeness (QED) is 0.488. The second kappa shape index (κ2) is 8.10. The largest absolute Gasteiger partial charge is 0.378 e. The van der Waals surface area contributed by atoms with Crippen LogP contribution in [-0.2, 0) is 24.8 Å². The van der Waals surface area contributed by atoms with Crippen LogP contribution in [0.25, 0.3) is 0 Å². The van der Waals surface area contributed by atoms with Crippen LogP contribution in [0.1, 0.15) is 10.5 Å². The van der Waals surface area contributed by atoms with Crippen LogP contribution in [0, 0.1) is 0 Å². The molecule has 0 atom stereocenters. The molecular weight excluding hydrogens is 430 g/mol. The Hall–Kier alpha value is -2.10. The summed E-state index contributed by atoms with van der Waals surface area (Å²) in [5, 5.41) is 7.15. The summed E-state index contributed by atoms with van der Waals surface area (Å²) in [5.74, 6) is -0.748. The molecule has 2 aromatic rings. The van der Waals surface area contributed by atoms with E-state index >= 15 is 0 Å². The van der Waals surface area contributed by atoms with E-state index in [2.05, 4.69) is 10.4 Å². The lowest BCUT2D eigenvalue weighted by molar-refractivity contribution is 0.0940. The Kier molecular flexibility index (Phi) is 5.97. The van der Waals surface area contributed by atoms with Gasteiger partial charge in [-0.05, 0) is 18.2 Å². The van der Waals surface area contributed by atoms with Gasteiger partial charge in [0.15, 0.2) is 5.13 Å². The summed E-state index contributed by atoms with van der Waals surface area (Å²) < 4.78 is 52.6. The van der Waals surface area contributed by atoms with Crippen LogP contribution in [0.5, 0.6) is 0 Å². The Balaban J connectivity index is 1.68. The Morgan fingerprint density at radius 2 is 1.86 bits per heavy atom. The number of nitrogens with one attached hydrogen (secondary N) is 2. The SMILES string of the molecule is NS(=O)(=O)c1cccc(S(=O)(=O)NNC(=O)c2csc(N3CCOCC3)n2)c1. The van der Waals surface area contributed by atoms with Crippen LogP contribution >= 0.6 is 11.3 Å². The molecule has 0 saturated carbocycles. The van der Waals surface area contributed by atoms with Gasteiger partial charge in [0.25, 0.3) is 15.9 Å². The summed E-state index contributed by atoms with van der Waals surface area (Å²) in [5.41, 5.74) is 2.10. The average molecular weight is 448 g/mol. The number of anilines is 1.